The Bertz CT molecular complexity index is 548. The smallest absolute Gasteiger partial charge is 0.416 e. The summed E-state index contributed by atoms with van der Waals surface area (Å²) < 4.78 is 81.3. The Morgan fingerprint density at radius 2 is 1.50 bits per heavy atom. The molecule has 24 heavy (non-hydrogen) atoms. The van der Waals surface area contributed by atoms with Crippen molar-refractivity contribution in [3.05, 3.63) is 34.9 Å². The lowest BCUT2D eigenvalue weighted by molar-refractivity contribution is -0.149. The Balaban J connectivity index is 2.97. The van der Waals surface area contributed by atoms with E-state index in [1.54, 1.807) is 13.8 Å². The summed E-state index contributed by atoms with van der Waals surface area (Å²) in [5.74, 6) is -0.756. The molecule has 2 N–H and O–H groups in total. The minimum Gasteiger partial charge on any atom is -0.462 e. The van der Waals surface area contributed by atoms with E-state index in [4.69, 9.17) is 10.5 Å². The number of benzene rings is 1. The zero-order valence-corrected chi connectivity index (χ0v) is 13.0. The third-order valence-corrected chi connectivity index (χ3v) is 3.05. The average molecular weight is 357 g/mol. The number of nitrogens with two attached hydrogens (primary N) is 1. The molecule has 0 aliphatic heterocycles. The fraction of sp³-hybridized carbons (Fsp3) is 0.533. The fourth-order valence-electron chi connectivity index (χ4n) is 1.92. The van der Waals surface area contributed by atoms with Gasteiger partial charge in [0, 0.05) is 0 Å². The number of alkyl halides is 6. The number of halogens is 6. The molecule has 1 rings (SSSR count). The number of hydrogen-bond acceptors (Lipinski definition) is 3. The Kier molecular flexibility index (Phi) is 6.26. The van der Waals surface area contributed by atoms with Crippen LogP contribution in [0.4, 0.5) is 26.3 Å². The Morgan fingerprint density at radius 1 is 1.04 bits per heavy atom. The topological polar surface area (TPSA) is 52.3 Å². The summed E-state index contributed by atoms with van der Waals surface area (Å²) in [6.07, 6.45) is -10.6. The van der Waals surface area contributed by atoms with Crippen molar-refractivity contribution in [2.24, 2.45) is 5.73 Å². The van der Waals surface area contributed by atoms with E-state index in [9.17, 15) is 31.1 Å². The van der Waals surface area contributed by atoms with E-state index >= 15 is 0 Å². The first-order valence-corrected chi connectivity index (χ1v) is 7.05. The highest BCUT2D eigenvalue weighted by atomic mass is 19.4. The van der Waals surface area contributed by atoms with Crippen molar-refractivity contribution in [2.45, 2.75) is 51.2 Å². The van der Waals surface area contributed by atoms with E-state index in [1.165, 1.54) is 0 Å². The van der Waals surface area contributed by atoms with Crippen molar-refractivity contribution in [1.29, 1.82) is 0 Å². The first kappa shape index (κ1) is 20.3. The lowest BCUT2D eigenvalue weighted by Crippen LogP contribution is -2.34. The zero-order valence-electron chi connectivity index (χ0n) is 13.0. The second-order valence-corrected chi connectivity index (χ2v) is 5.54. The molecule has 0 spiro atoms. The maximum Gasteiger partial charge on any atom is 0.416 e. The molecule has 0 aromatic heterocycles. The van der Waals surface area contributed by atoms with Gasteiger partial charge < -0.3 is 10.5 Å². The lowest BCUT2D eigenvalue weighted by atomic mass is 9.99. The molecule has 0 amide bonds. The number of hydrogen-bond donors (Lipinski definition) is 1. The standard InChI is InChI=1S/C15H17F6NO2/c1-8(2)24-13(23)12(22)4-3-9-5-10(14(16,17)18)7-11(6-9)15(19,20)21/h5-8,12H,3-4,22H2,1-2H3. The molecule has 1 atom stereocenters. The molecular weight excluding hydrogens is 340 g/mol. The van der Waals surface area contributed by atoms with Crippen LogP contribution in [-0.4, -0.2) is 18.1 Å². The molecule has 1 aromatic carbocycles. The monoisotopic (exact) mass is 357 g/mol. The number of carbonyl (C=O) groups is 1. The van der Waals surface area contributed by atoms with Crippen molar-refractivity contribution in [1.82, 2.24) is 0 Å². The van der Waals surface area contributed by atoms with Crippen molar-refractivity contribution < 1.29 is 35.9 Å². The van der Waals surface area contributed by atoms with Crippen LogP contribution in [0.15, 0.2) is 18.2 Å². The van der Waals surface area contributed by atoms with E-state index in [-0.39, 0.29) is 24.5 Å². The first-order valence-electron chi connectivity index (χ1n) is 7.05. The molecule has 0 bridgehead atoms. The largest absolute Gasteiger partial charge is 0.462 e. The predicted octanol–water partition coefficient (Wildman–Crippen LogP) is 3.94. The van der Waals surface area contributed by atoms with Crippen LogP contribution >= 0.6 is 0 Å². The van der Waals surface area contributed by atoms with Gasteiger partial charge in [-0.15, -0.1) is 0 Å². The van der Waals surface area contributed by atoms with E-state index in [2.05, 4.69) is 0 Å². The lowest BCUT2D eigenvalue weighted by Gasteiger charge is -2.16. The first-order chi connectivity index (χ1) is 10.8. The van der Waals surface area contributed by atoms with Gasteiger partial charge in [0.15, 0.2) is 0 Å². The third-order valence-electron chi connectivity index (χ3n) is 3.05. The highest BCUT2D eigenvalue weighted by Crippen LogP contribution is 2.36. The van der Waals surface area contributed by atoms with E-state index < -0.39 is 41.6 Å². The molecule has 9 heteroatoms. The SMILES string of the molecule is CC(C)OC(=O)C(N)CCc1cc(C(F)(F)F)cc(C(F)(F)F)c1. The van der Waals surface area contributed by atoms with Crippen LogP contribution in [0.5, 0.6) is 0 Å². The summed E-state index contributed by atoms with van der Waals surface area (Å²) in [5, 5.41) is 0. The zero-order chi connectivity index (χ0) is 18.7. The number of carbonyl (C=O) groups excluding carboxylic acids is 1. The van der Waals surface area contributed by atoms with Crippen LogP contribution in [-0.2, 0) is 28.3 Å². The summed E-state index contributed by atoms with van der Waals surface area (Å²) >= 11 is 0. The summed E-state index contributed by atoms with van der Waals surface area (Å²) in [6, 6.07) is 0.165. The quantitative estimate of drug-likeness (QED) is 0.642. The van der Waals surface area contributed by atoms with Gasteiger partial charge in [-0.1, -0.05) is 0 Å². The highest BCUT2D eigenvalue weighted by Gasteiger charge is 2.36. The van der Waals surface area contributed by atoms with E-state index in [0.717, 1.165) is 0 Å². The van der Waals surface area contributed by atoms with Crippen LogP contribution < -0.4 is 5.73 Å². The molecule has 0 saturated carbocycles. The minimum atomic E-state index is -4.91. The minimum absolute atomic E-state index is 0.0520. The van der Waals surface area contributed by atoms with Gasteiger partial charge in [-0.3, -0.25) is 4.79 Å². The van der Waals surface area contributed by atoms with Gasteiger partial charge in [-0.2, -0.15) is 26.3 Å². The average Bonchev–Trinajstić information content (AvgIpc) is 2.41. The Morgan fingerprint density at radius 3 is 1.88 bits per heavy atom. The summed E-state index contributed by atoms with van der Waals surface area (Å²) in [6.45, 7) is 3.18. The summed E-state index contributed by atoms with van der Waals surface area (Å²) in [7, 11) is 0. The van der Waals surface area contributed by atoms with Crippen molar-refractivity contribution in [3.8, 4) is 0 Å². The fourth-order valence-corrected chi connectivity index (χ4v) is 1.92. The maximum absolute atomic E-state index is 12.7. The Labute approximate surface area is 134 Å². The highest BCUT2D eigenvalue weighted by molar-refractivity contribution is 5.75. The molecule has 0 aliphatic rings. The van der Waals surface area contributed by atoms with Crippen LogP contribution in [0.1, 0.15) is 37.0 Å². The third kappa shape index (κ3) is 6.03. The van der Waals surface area contributed by atoms with Crippen LogP contribution in [0.2, 0.25) is 0 Å². The molecule has 0 heterocycles. The molecule has 0 radical (unpaired) electrons. The van der Waals surface area contributed by atoms with E-state index in [1.807, 2.05) is 0 Å². The van der Waals surface area contributed by atoms with Crippen molar-refractivity contribution in [3.63, 3.8) is 0 Å². The van der Waals surface area contributed by atoms with Gasteiger partial charge in [0.1, 0.15) is 6.04 Å². The number of esters is 1. The van der Waals surface area contributed by atoms with Gasteiger partial charge in [0.25, 0.3) is 0 Å². The van der Waals surface area contributed by atoms with Gasteiger partial charge in [-0.25, -0.2) is 0 Å². The molecule has 1 aromatic rings. The van der Waals surface area contributed by atoms with Gasteiger partial charge in [-0.05, 0) is 50.5 Å². The van der Waals surface area contributed by atoms with Crippen LogP contribution in [0.25, 0.3) is 0 Å². The summed E-state index contributed by atoms with van der Waals surface area (Å²) in [5.41, 5.74) is 2.54. The number of rotatable bonds is 5. The molecule has 0 saturated heterocycles. The van der Waals surface area contributed by atoms with Gasteiger partial charge in [0.05, 0.1) is 17.2 Å². The maximum atomic E-state index is 12.7. The molecule has 1 unspecified atom stereocenters. The van der Waals surface area contributed by atoms with Crippen molar-refractivity contribution >= 4 is 5.97 Å². The predicted molar refractivity (Wildman–Crippen MR) is 74.0 cm³/mol. The van der Waals surface area contributed by atoms with Gasteiger partial charge in [0.2, 0.25) is 0 Å². The molecule has 3 nitrogen and oxygen atoms in total. The number of aryl methyl sites for hydroxylation is 1. The van der Waals surface area contributed by atoms with Crippen LogP contribution in [0, 0.1) is 0 Å². The van der Waals surface area contributed by atoms with Crippen LogP contribution in [0.3, 0.4) is 0 Å². The molecular formula is C15H17F6NO2. The van der Waals surface area contributed by atoms with Crippen molar-refractivity contribution in [2.75, 3.05) is 0 Å². The Hall–Kier alpha value is -1.77. The normalized spacial score (nSPS) is 13.9. The second kappa shape index (κ2) is 7.42. The molecule has 136 valence electrons. The second-order valence-electron chi connectivity index (χ2n) is 5.54. The molecule has 0 aliphatic carbocycles. The summed E-state index contributed by atoms with van der Waals surface area (Å²) in [4.78, 5) is 11.5. The molecule has 0 fully saturated rings. The van der Waals surface area contributed by atoms with Gasteiger partial charge >= 0.3 is 18.3 Å². The number of ether oxygens (including phenoxy) is 1. The van der Waals surface area contributed by atoms with E-state index in [0.29, 0.717) is 12.1 Å².